The SMILES string of the molecule is C=Cc1ccccc1OCCCN(CC)CC. The van der Waals surface area contributed by atoms with Gasteiger partial charge >= 0.3 is 0 Å². The lowest BCUT2D eigenvalue weighted by Crippen LogP contribution is -2.25. The summed E-state index contributed by atoms with van der Waals surface area (Å²) in [6, 6.07) is 8.01. The van der Waals surface area contributed by atoms with Crippen LogP contribution in [0.1, 0.15) is 25.8 Å². The van der Waals surface area contributed by atoms with E-state index in [9.17, 15) is 0 Å². The first-order valence-electron chi connectivity index (χ1n) is 6.38. The highest BCUT2D eigenvalue weighted by molar-refractivity contribution is 5.55. The summed E-state index contributed by atoms with van der Waals surface area (Å²) in [7, 11) is 0. The molecule has 0 fully saturated rings. The fraction of sp³-hybridized carbons (Fsp3) is 0.467. The lowest BCUT2D eigenvalue weighted by atomic mass is 10.2. The first-order valence-corrected chi connectivity index (χ1v) is 6.38. The molecule has 0 aliphatic carbocycles. The third kappa shape index (κ3) is 4.61. The topological polar surface area (TPSA) is 12.5 Å². The maximum atomic E-state index is 5.77. The van der Waals surface area contributed by atoms with Crippen molar-refractivity contribution in [3.8, 4) is 5.75 Å². The van der Waals surface area contributed by atoms with E-state index in [1.165, 1.54) is 0 Å². The molecular formula is C15H23NO. The summed E-state index contributed by atoms with van der Waals surface area (Å²) in [5.41, 5.74) is 1.07. The van der Waals surface area contributed by atoms with Crippen LogP contribution < -0.4 is 4.74 Å². The minimum atomic E-state index is 0.765. The Hall–Kier alpha value is -1.28. The molecule has 17 heavy (non-hydrogen) atoms. The minimum absolute atomic E-state index is 0.765. The van der Waals surface area contributed by atoms with Crippen LogP contribution in [0.25, 0.3) is 6.08 Å². The minimum Gasteiger partial charge on any atom is -0.493 e. The molecule has 0 N–H and O–H groups in total. The maximum Gasteiger partial charge on any atom is 0.126 e. The molecule has 0 aliphatic heterocycles. The van der Waals surface area contributed by atoms with Crippen LogP contribution >= 0.6 is 0 Å². The highest BCUT2D eigenvalue weighted by Gasteiger charge is 2.01. The Bertz CT molecular complexity index is 331. The van der Waals surface area contributed by atoms with Gasteiger partial charge in [-0.15, -0.1) is 0 Å². The van der Waals surface area contributed by atoms with Gasteiger partial charge < -0.3 is 9.64 Å². The Morgan fingerprint density at radius 1 is 1.24 bits per heavy atom. The van der Waals surface area contributed by atoms with E-state index >= 15 is 0 Å². The van der Waals surface area contributed by atoms with E-state index in [4.69, 9.17) is 4.74 Å². The number of rotatable bonds is 8. The van der Waals surface area contributed by atoms with E-state index in [0.29, 0.717) is 0 Å². The van der Waals surface area contributed by atoms with Crippen molar-refractivity contribution in [3.63, 3.8) is 0 Å². The van der Waals surface area contributed by atoms with E-state index in [1.54, 1.807) is 0 Å². The van der Waals surface area contributed by atoms with Gasteiger partial charge in [0.25, 0.3) is 0 Å². The van der Waals surface area contributed by atoms with Gasteiger partial charge in [-0.25, -0.2) is 0 Å². The zero-order valence-corrected chi connectivity index (χ0v) is 11.0. The van der Waals surface area contributed by atoms with E-state index in [2.05, 4.69) is 25.3 Å². The third-order valence-electron chi connectivity index (χ3n) is 2.91. The molecule has 0 aliphatic rings. The maximum absolute atomic E-state index is 5.77. The Morgan fingerprint density at radius 3 is 2.59 bits per heavy atom. The second-order valence-corrected chi connectivity index (χ2v) is 3.97. The van der Waals surface area contributed by atoms with Gasteiger partial charge in [0.05, 0.1) is 6.61 Å². The molecule has 0 unspecified atom stereocenters. The van der Waals surface area contributed by atoms with Crippen molar-refractivity contribution in [2.45, 2.75) is 20.3 Å². The molecule has 0 heterocycles. The van der Waals surface area contributed by atoms with Gasteiger partial charge in [0.2, 0.25) is 0 Å². The first kappa shape index (κ1) is 13.8. The Kier molecular flexibility index (Phi) is 6.41. The van der Waals surface area contributed by atoms with Gasteiger partial charge in [-0.3, -0.25) is 0 Å². The van der Waals surface area contributed by atoms with E-state index in [0.717, 1.165) is 44.0 Å². The molecule has 0 saturated carbocycles. The molecule has 0 amide bonds. The lowest BCUT2D eigenvalue weighted by molar-refractivity contribution is 0.249. The molecular weight excluding hydrogens is 210 g/mol. The summed E-state index contributed by atoms with van der Waals surface area (Å²) in [5.74, 6) is 0.932. The van der Waals surface area contributed by atoms with Crippen LogP contribution in [-0.2, 0) is 0 Å². The molecule has 1 aromatic rings. The largest absolute Gasteiger partial charge is 0.493 e. The Labute approximate surface area is 105 Å². The van der Waals surface area contributed by atoms with Crippen molar-refractivity contribution in [2.24, 2.45) is 0 Å². The summed E-state index contributed by atoms with van der Waals surface area (Å²) in [6.45, 7) is 12.3. The van der Waals surface area contributed by atoms with Crippen LogP contribution in [0, 0.1) is 0 Å². The third-order valence-corrected chi connectivity index (χ3v) is 2.91. The predicted molar refractivity (Wildman–Crippen MR) is 74.4 cm³/mol. The summed E-state index contributed by atoms with van der Waals surface area (Å²) >= 11 is 0. The van der Waals surface area contributed by atoms with Gasteiger partial charge in [0.15, 0.2) is 0 Å². The van der Waals surface area contributed by atoms with Gasteiger partial charge in [0, 0.05) is 12.1 Å². The predicted octanol–water partition coefficient (Wildman–Crippen LogP) is 3.44. The molecule has 0 bridgehead atoms. The van der Waals surface area contributed by atoms with Gasteiger partial charge in [-0.1, -0.05) is 44.7 Å². The van der Waals surface area contributed by atoms with Crippen molar-refractivity contribution in [1.82, 2.24) is 4.90 Å². The molecule has 0 saturated heterocycles. The van der Waals surface area contributed by atoms with Crippen LogP contribution in [0.2, 0.25) is 0 Å². The molecule has 0 atom stereocenters. The average Bonchev–Trinajstić information content (AvgIpc) is 2.39. The number of ether oxygens (including phenoxy) is 1. The summed E-state index contributed by atoms with van der Waals surface area (Å²) < 4.78 is 5.77. The quantitative estimate of drug-likeness (QED) is 0.638. The highest BCUT2D eigenvalue weighted by Crippen LogP contribution is 2.18. The standard InChI is InChI=1S/C15H23NO/c1-4-14-10-7-8-11-15(14)17-13-9-12-16(5-2)6-3/h4,7-8,10-11H,1,5-6,9,12-13H2,2-3H3. The molecule has 0 aromatic heterocycles. The van der Waals surface area contributed by atoms with Crippen molar-refractivity contribution in [2.75, 3.05) is 26.2 Å². The molecule has 0 radical (unpaired) electrons. The van der Waals surface area contributed by atoms with Crippen molar-refractivity contribution >= 4 is 6.08 Å². The van der Waals surface area contributed by atoms with Crippen molar-refractivity contribution in [1.29, 1.82) is 0 Å². The van der Waals surface area contributed by atoms with Crippen molar-refractivity contribution in [3.05, 3.63) is 36.4 Å². The second kappa shape index (κ2) is 7.91. The van der Waals surface area contributed by atoms with Crippen LogP contribution in [0.5, 0.6) is 5.75 Å². The zero-order chi connectivity index (χ0) is 12.5. The number of hydrogen-bond donors (Lipinski definition) is 0. The number of para-hydroxylation sites is 1. The number of hydrogen-bond acceptors (Lipinski definition) is 2. The van der Waals surface area contributed by atoms with E-state index < -0.39 is 0 Å². The molecule has 94 valence electrons. The smallest absolute Gasteiger partial charge is 0.126 e. The summed E-state index contributed by atoms with van der Waals surface area (Å²) in [6.07, 6.45) is 2.90. The fourth-order valence-corrected chi connectivity index (χ4v) is 1.79. The molecule has 0 spiro atoms. The second-order valence-electron chi connectivity index (χ2n) is 3.97. The fourth-order valence-electron chi connectivity index (χ4n) is 1.79. The Balaban J connectivity index is 2.33. The molecule has 1 rings (SSSR count). The molecule has 2 heteroatoms. The first-order chi connectivity index (χ1) is 8.31. The van der Waals surface area contributed by atoms with E-state index in [1.807, 2.05) is 30.3 Å². The van der Waals surface area contributed by atoms with Gasteiger partial charge in [-0.05, 0) is 25.6 Å². The zero-order valence-electron chi connectivity index (χ0n) is 11.0. The number of benzene rings is 1. The molecule has 1 aromatic carbocycles. The van der Waals surface area contributed by atoms with E-state index in [-0.39, 0.29) is 0 Å². The Morgan fingerprint density at radius 2 is 1.94 bits per heavy atom. The molecule has 2 nitrogen and oxygen atoms in total. The van der Waals surface area contributed by atoms with Crippen LogP contribution in [0.3, 0.4) is 0 Å². The number of nitrogens with zero attached hydrogens (tertiary/aromatic N) is 1. The average molecular weight is 233 g/mol. The van der Waals surface area contributed by atoms with Crippen LogP contribution in [0.4, 0.5) is 0 Å². The summed E-state index contributed by atoms with van der Waals surface area (Å²) in [5, 5.41) is 0. The van der Waals surface area contributed by atoms with Crippen molar-refractivity contribution < 1.29 is 4.74 Å². The highest BCUT2D eigenvalue weighted by atomic mass is 16.5. The monoisotopic (exact) mass is 233 g/mol. The van der Waals surface area contributed by atoms with Gasteiger partial charge in [0.1, 0.15) is 5.75 Å². The summed E-state index contributed by atoms with van der Waals surface area (Å²) in [4.78, 5) is 2.41. The van der Waals surface area contributed by atoms with Crippen LogP contribution in [-0.4, -0.2) is 31.1 Å². The lowest BCUT2D eigenvalue weighted by Gasteiger charge is -2.18. The normalized spacial score (nSPS) is 10.5. The van der Waals surface area contributed by atoms with Crippen LogP contribution in [0.15, 0.2) is 30.8 Å². The van der Waals surface area contributed by atoms with Gasteiger partial charge in [-0.2, -0.15) is 0 Å².